The third-order valence-electron chi connectivity index (χ3n) is 5.05. The Morgan fingerprint density at radius 1 is 0.962 bits per heavy atom. The highest BCUT2D eigenvalue weighted by molar-refractivity contribution is 5.76. The molecule has 26 heavy (non-hydrogen) atoms. The van der Waals surface area contributed by atoms with Crippen LogP contribution in [0.3, 0.4) is 0 Å². The maximum Gasteiger partial charge on any atom is 0.269 e. The summed E-state index contributed by atoms with van der Waals surface area (Å²) in [5, 5.41) is 10.7. The average molecular weight is 361 g/mol. The number of carbonyl (C=O) groups is 1. The Morgan fingerprint density at radius 3 is 2.12 bits per heavy atom. The number of nitro benzene ring substituents is 1. The van der Waals surface area contributed by atoms with Gasteiger partial charge in [-0.2, -0.15) is 0 Å². The van der Waals surface area contributed by atoms with Gasteiger partial charge in [0, 0.05) is 50.4 Å². The summed E-state index contributed by atoms with van der Waals surface area (Å²) in [6, 6.07) is 6.64. The van der Waals surface area contributed by atoms with Crippen LogP contribution in [0.2, 0.25) is 0 Å². The number of hydrogen-bond acceptors (Lipinski definition) is 4. The molecule has 1 aromatic rings. The SMILES string of the molecule is CCCCCCCCCC(=O)N1CCN(c2ccc([N+](=O)[O-])cc2)CC1. The zero-order valence-corrected chi connectivity index (χ0v) is 15.9. The first kappa shape index (κ1) is 20.2. The second-order valence-corrected chi connectivity index (χ2v) is 7.01. The quantitative estimate of drug-likeness (QED) is 0.352. The first-order valence-corrected chi connectivity index (χ1v) is 9.89. The normalized spacial score (nSPS) is 14.5. The molecule has 1 aromatic carbocycles. The smallest absolute Gasteiger partial charge is 0.269 e. The molecule has 0 radical (unpaired) electrons. The van der Waals surface area contributed by atoms with Crippen molar-refractivity contribution in [3.8, 4) is 0 Å². The molecule has 6 nitrogen and oxygen atoms in total. The van der Waals surface area contributed by atoms with Crippen molar-refractivity contribution in [1.29, 1.82) is 0 Å². The summed E-state index contributed by atoms with van der Waals surface area (Å²) < 4.78 is 0. The fraction of sp³-hybridized carbons (Fsp3) is 0.650. The number of benzene rings is 1. The van der Waals surface area contributed by atoms with Crippen molar-refractivity contribution in [2.24, 2.45) is 0 Å². The Kier molecular flexibility index (Phi) is 8.38. The molecule has 144 valence electrons. The van der Waals surface area contributed by atoms with Crippen molar-refractivity contribution >= 4 is 17.3 Å². The van der Waals surface area contributed by atoms with E-state index >= 15 is 0 Å². The van der Waals surface area contributed by atoms with Gasteiger partial charge in [0.2, 0.25) is 5.91 Å². The molecular weight excluding hydrogens is 330 g/mol. The van der Waals surface area contributed by atoms with E-state index < -0.39 is 0 Å². The summed E-state index contributed by atoms with van der Waals surface area (Å²) >= 11 is 0. The molecule has 0 bridgehead atoms. The van der Waals surface area contributed by atoms with Gasteiger partial charge in [0.15, 0.2) is 0 Å². The highest BCUT2D eigenvalue weighted by atomic mass is 16.6. The lowest BCUT2D eigenvalue weighted by Crippen LogP contribution is -2.48. The lowest BCUT2D eigenvalue weighted by Gasteiger charge is -2.36. The van der Waals surface area contributed by atoms with Gasteiger partial charge >= 0.3 is 0 Å². The van der Waals surface area contributed by atoms with Crippen molar-refractivity contribution < 1.29 is 9.72 Å². The predicted octanol–water partition coefficient (Wildman–Crippen LogP) is 4.38. The lowest BCUT2D eigenvalue weighted by atomic mass is 10.1. The fourth-order valence-electron chi connectivity index (χ4n) is 3.39. The molecular formula is C20H31N3O3. The van der Waals surface area contributed by atoms with E-state index in [1.165, 1.54) is 44.2 Å². The Bertz CT molecular complexity index is 566. The molecule has 1 amide bonds. The molecule has 1 heterocycles. The van der Waals surface area contributed by atoms with Crippen LogP contribution in [0.5, 0.6) is 0 Å². The molecule has 0 aromatic heterocycles. The number of nitrogens with zero attached hydrogens (tertiary/aromatic N) is 3. The topological polar surface area (TPSA) is 66.7 Å². The second-order valence-electron chi connectivity index (χ2n) is 7.01. The fourth-order valence-corrected chi connectivity index (χ4v) is 3.39. The van der Waals surface area contributed by atoms with Crippen molar-refractivity contribution in [1.82, 2.24) is 4.90 Å². The molecule has 2 rings (SSSR count). The van der Waals surface area contributed by atoms with Gasteiger partial charge < -0.3 is 9.80 Å². The summed E-state index contributed by atoms with van der Waals surface area (Å²) in [7, 11) is 0. The summed E-state index contributed by atoms with van der Waals surface area (Å²) in [5.74, 6) is 0.266. The molecule has 1 saturated heterocycles. The van der Waals surface area contributed by atoms with E-state index in [4.69, 9.17) is 0 Å². The first-order chi connectivity index (χ1) is 12.6. The number of non-ortho nitro benzene ring substituents is 1. The standard InChI is InChI=1S/C20H31N3O3/c1-2-3-4-5-6-7-8-9-20(24)22-16-14-21(15-17-22)18-10-12-19(13-11-18)23(25)26/h10-13H,2-9,14-17H2,1H3. The number of rotatable bonds is 10. The number of piperazine rings is 1. The van der Waals surface area contributed by atoms with Gasteiger partial charge in [-0.25, -0.2) is 0 Å². The molecule has 0 aliphatic carbocycles. The molecule has 0 atom stereocenters. The Morgan fingerprint density at radius 2 is 1.54 bits per heavy atom. The molecule has 1 aliphatic heterocycles. The Hall–Kier alpha value is -2.11. The van der Waals surface area contributed by atoms with Crippen LogP contribution in [0, 0.1) is 10.1 Å². The molecule has 0 N–H and O–H groups in total. The van der Waals surface area contributed by atoms with E-state index in [0.717, 1.165) is 44.7 Å². The van der Waals surface area contributed by atoms with Crippen LogP contribution >= 0.6 is 0 Å². The second kappa shape index (κ2) is 10.8. The minimum Gasteiger partial charge on any atom is -0.368 e. The molecule has 0 spiro atoms. The van der Waals surface area contributed by atoms with Crippen molar-refractivity contribution in [3.63, 3.8) is 0 Å². The minimum absolute atomic E-state index is 0.109. The molecule has 1 aliphatic rings. The van der Waals surface area contributed by atoms with Crippen molar-refractivity contribution in [2.75, 3.05) is 31.1 Å². The molecule has 0 unspecified atom stereocenters. The minimum atomic E-state index is -0.385. The highest BCUT2D eigenvalue weighted by Crippen LogP contribution is 2.21. The molecule has 0 saturated carbocycles. The van der Waals surface area contributed by atoms with E-state index in [1.807, 2.05) is 4.90 Å². The Labute approximate surface area is 156 Å². The van der Waals surface area contributed by atoms with Gasteiger partial charge in [-0.3, -0.25) is 14.9 Å². The zero-order chi connectivity index (χ0) is 18.8. The van der Waals surface area contributed by atoms with Gasteiger partial charge in [-0.15, -0.1) is 0 Å². The number of nitro groups is 1. The number of amides is 1. The van der Waals surface area contributed by atoms with E-state index in [9.17, 15) is 14.9 Å². The largest absolute Gasteiger partial charge is 0.368 e. The van der Waals surface area contributed by atoms with Crippen LogP contribution in [0.4, 0.5) is 11.4 Å². The zero-order valence-electron chi connectivity index (χ0n) is 15.9. The molecule has 6 heteroatoms. The summed E-state index contributed by atoms with van der Waals surface area (Å²) in [6.45, 7) is 5.24. The van der Waals surface area contributed by atoms with Gasteiger partial charge in [0.1, 0.15) is 0 Å². The van der Waals surface area contributed by atoms with Crippen LogP contribution in [0.1, 0.15) is 58.3 Å². The maximum atomic E-state index is 12.3. The van der Waals surface area contributed by atoms with Gasteiger partial charge in [-0.1, -0.05) is 45.4 Å². The third kappa shape index (κ3) is 6.32. The van der Waals surface area contributed by atoms with Crippen molar-refractivity contribution in [2.45, 2.75) is 58.3 Å². The summed E-state index contributed by atoms with van der Waals surface area (Å²) in [4.78, 5) is 26.8. The molecule has 1 fully saturated rings. The van der Waals surface area contributed by atoms with Crippen LogP contribution < -0.4 is 4.90 Å². The predicted molar refractivity (Wildman–Crippen MR) is 104 cm³/mol. The van der Waals surface area contributed by atoms with Gasteiger partial charge in [0.25, 0.3) is 5.69 Å². The maximum absolute atomic E-state index is 12.3. The van der Waals surface area contributed by atoms with Crippen LogP contribution in [-0.2, 0) is 4.79 Å². The van der Waals surface area contributed by atoms with Crippen LogP contribution in [0.15, 0.2) is 24.3 Å². The monoisotopic (exact) mass is 361 g/mol. The van der Waals surface area contributed by atoms with Crippen LogP contribution in [0.25, 0.3) is 0 Å². The number of hydrogen-bond donors (Lipinski definition) is 0. The van der Waals surface area contributed by atoms with Crippen LogP contribution in [-0.4, -0.2) is 41.9 Å². The van der Waals surface area contributed by atoms with E-state index in [0.29, 0.717) is 6.42 Å². The van der Waals surface area contributed by atoms with E-state index in [1.54, 1.807) is 12.1 Å². The summed E-state index contributed by atoms with van der Waals surface area (Å²) in [6.07, 6.45) is 9.23. The Balaban J connectivity index is 1.65. The van der Waals surface area contributed by atoms with Gasteiger partial charge in [-0.05, 0) is 18.6 Å². The number of anilines is 1. The third-order valence-corrected chi connectivity index (χ3v) is 5.05. The first-order valence-electron chi connectivity index (χ1n) is 9.89. The summed E-state index contributed by atoms with van der Waals surface area (Å²) in [5.41, 5.74) is 1.09. The number of carbonyl (C=O) groups excluding carboxylic acids is 1. The van der Waals surface area contributed by atoms with Crippen molar-refractivity contribution in [3.05, 3.63) is 34.4 Å². The number of unbranched alkanes of at least 4 members (excludes halogenated alkanes) is 6. The van der Waals surface area contributed by atoms with Gasteiger partial charge in [0.05, 0.1) is 4.92 Å². The van der Waals surface area contributed by atoms with E-state index in [2.05, 4.69) is 11.8 Å². The highest BCUT2D eigenvalue weighted by Gasteiger charge is 2.21. The lowest BCUT2D eigenvalue weighted by molar-refractivity contribution is -0.384. The average Bonchev–Trinajstić information content (AvgIpc) is 2.67. The van der Waals surface area contributed by atoms with E-state index in [-0.39, 0.29) is 16.5 Å².